The van der Waals surface area contributed by atoms with Crippen LogP contribution in [0, 0.1) is 12.7 Å². The summed E-state index contributed by atoms with van der Waals surface area (Å²) in [5.41, 5.74) is 2.28. The number of hydrogen-bond donors (Lipinski definition) is 1. The zero-order chi connectivity index (χ0) is 26.2. The van der Waals surface area contributed by atoms with Crippen LogP contribution in [-0.4, -0.2) is 50.0 Å². The van der Waals surface area contributed by atoms with Crippen LogP contribution in [-0.2, 0) is 26.2 Å². The minimum absolute atomic E-state index is 0.0145. The number of carbonyl (C=O) groups is 2. The monoisotopic (exact) mass is 505 g/mol. The topological polar surface area (TPSA) is 86.8 Å². The van der Waals surface area contributed by atoms with Crippen molar-refractivity contribution in [1.29, 1.82) is 0 Å². The van der Waals surface area contributed by atoms with Crippen LogP contribution in [0.2, 0.25) is 0 Å². The molecule has 7 nitrogen and oxygen atoms in total. The molecule has 0 aliphatic heterocycles. The number of anilines is 1. The van der Waals surface area contributed by atoms with Crippen LogP contribution in [0.5, 0.6) is 0 Å². The zero-order valence-corrected chi connectivity index (χ0v) is 21.9. The molecule has 1 N–H and O–H groups in total. The van der Waals surface area contributed by atoms with Crippen molar-refractivity contribution >= 4 is 27.5 Å². The fourth-order valence-corrected chi connectivity index (χ4v) is 4.60. The summed E-state index contributed by atoms with van der Waals surface area (Å²) in [5, 5.41) is 2.93. The SMILES string of the molecule is CC[C@H](C)NC(=O)[C@H](C)N(Cc1ccccc1C)C(=O)CCCN(c1ccc(F)cc1)S(C)(=O)=O. The molecule has 192 valence electrons. The van der Waals surface area contributed by atoms with E-state index in [1.54, 1.807) is 11.8 Å². The molecule has 9 heteroatoms. The zero-order valence-electron chi connectivity index (χ0n) is 21.1. The molecule has 35 heavy (non-hydrogen) atoms. The normalized spacial score (nSPS) is 13.1. The first kappa shape index (κ1) is 28.3. The Kier molecular flexibility index (Phi) is 10.2. The Morgan fingerprint density at radius 2 is 1.69 bits per heavy atom. The molecule has 2 aromatic rings. The quantitative estimate of drug-likeness (QED) is 0.472. The number of sulfonamides is 1. The first-order valence-corrected chi connectivity index (χ1v) is 13.7. The van der Waals surface area contributed by atoms with E-state index in [2.05, 4.69) is 5.32 Å². The molecular weight excluding hydrogens is 469 g/mol. The van der Waals surface area contributed by atoms with E-state index < -0.39 is 21.9 Å². The number of amides is 2. The third-order valence-corrected chi connectivity index (χ3v) is 7.23. The predicted molar refractivity (Wildman–Crippen MR) is 137 cm³/mol. The molecule has 0 saturated heterocycles. The lowest BCUT2D eigenvalue weighted by Crippen LogP contribution is -2.49. The minimum Gasteiger partial charge on any atom is -0.352 e. The van der Waals surface area contributed by atoms with Crippen LogP contribution >= 0.6 is 0 Å². The molecule has 0 aliphatic rings. The fraction of sp³-hybridized carbons (Fsp3) is 0.462. The van der Waals surface area contributed by atoms with Crippen molar-refractivity contribution in [3.63, 3.8) is 0 Å². The molecule has 0 spiro atoms. The Hall–Kier alpha value is -2.94. The molecule has 0 fully saturated rings. The van der Waals surface area contributed by atoms with Gasteiger partial charge >= 0.3 is 0 Å². The van der Waals surface area contributed by atoms with Crippen LogP contribution in [0.3, 0.4) is 0 Å². The third-order valence-electron chi connectivity index (χ3n) is 6.04. The van der Waals surface area contributed by atoms with Gasteiger partial charge in [-0.2, -0.15) is 0 Å². The second-order valence-electron chi connectivity index (χ2n) is 8.86. The van der Waals surface area contributed by atoms with Gasteiger partial charge in [0.15, 0.2) is 0 Å². The maximum Gasteiger partial charge on any atom is 0.242 e. The molecule has 2 atom stereocenters. The second kappa shape index (κ2) is 12.7. The van der Waals surface area contributed by atoms with Gasteiger partial charge < -0.3 is 10.2 Å². The highest BCUT2D eigenvalue weighted by Gasteiger charge is 2.27. The molecule has 0 heterocycles. The van der Waals surface area contributed by atoms with Crippen molar-refractivity contribution in [3.05, 3.63) is 65.5 Å². The molecular formula is C26H36FN3O4S. The maximum absolute atomic E-state index is 13.3. The van der Waals surface area contributed by atoms with Crippen molar-refractivity contribution < 1.29 is 22.4 Å². The number of hydrogen-bond acceptors (Lipinski definition) is 4. The molecule has 2 aromatic carbocycles. The fourth-order valence-electron chi connectivity index (χ4n) is 3.63. The Bertz CT molecular complexity index is 1110. The van der Waals surface area contributed by atoms with E-state index in [4.69, 9.17) is 0 Å². The molecule has 0 bridgehead atoms. The number of benzene rings is 2. The lowest BCUT2D eigenvalue weighted by molar-refractivity contribution is -0.140. The van der Waals surface area contributed by atoms with E-state index in [0.717, 1.165) is 28.1 Å². The van der Waals surface area contributed by atoms with E-state index in [1.807, 2.05) is 45.0 Å². The largest absolute Gasteiger partial charge is 0.352 e. The molecule has 0 aliphatic carbocycles. The summed E-state index contributed by atoms with van der Waals surface area (Å²) < 4.78 is 39.1. The van der Waals surface area contributed by atoms with E-state index in [9.17, 15) is 22.4 Å². The number of aryl methyl sites for hydroxylation is 1. The van der Waals surface area contributed by atoms with Crippen molar-refractivity contribution in [1.82, 2.24) is 10.2 Å². The van der Waals surface area contributed by atoms with Crippen LogP contribution < -0.4 is 9.62 Å². The van der Waals surface area contributed by atoms with E-state index in [-0.39, 0.29) is 43.8 Å². The highest BCUT2D eigenvalue weighted by atomic mass is 32.2. The minimum atomic E-state index is -3.63. The van der Waals surface area contributed by atoms with Crippen molar-refractivity contribution in [3.8, 4) is 0 Å². The summed E-state index contributed by atoms with van der Waals surface area (Å²) in [4.78, 5) is 27.7. The molecule has 0 unspecified atom stereocenters. The molecule has 0 saturated carbocycles. The Labute approximate surface area is 208 Å². The average molecular weight is 506 g/mol. The van der Waals surface area contributed by atoms with Gasteiger partial charge in [-0.05, 0) is 69.0 Å². The predicted octanol–water partition coefficient (Wildman–Crippen LogP) is 4.01. The van der Waals surface area contributed by atoms with Crippen molar-refractivity contribution in [2.45, 2.75) is 65.6 Å². The summed E-state index contributed by atoms with van der Waals surface area (Å²) in [6.07, 6.45) is 2.15. The summed E-state index contributed by atoms with van der Waals surface area (Å²) in [6.45, 7) is 7.87. The standard InChI is InChI=1S/C26H36FN3O4S/c1-6-20(3)28-26(32)21(4)29(18-22-11-8-7-10-19(22)2)25(31)12-9-17-30(35(5,33)34)24-15-13-23(27)14-16-24/h7-8,10-11,13-16,20-21H,6,9,12,17-18H2,1-5H3,(H,28,32)/t20-,21-/m0/s1. The van der Waals surface area contributed by atoms with Crippen LogP contribution in [0.25, 0.3) is 0 Å². The van der Waals surface area contributed by atoms with Crippen molar-refractivity contribution in [2.24, 2.45) is 0 Å². The smallest absolute Gasteiger partial charge is 0.242 e. The van der Waals surface area contributed by atoms with Gasteiger partial charge in [-0.1, -0.05) is 31.2 Å². The first-order valence-electron chi connectivity index (χ1n) is 11.8. The van der Waals surface area contributed by atoms with Gasteiger partial charge in [-0.15, -0.1) is 0 Å². The third kappa shape index (κ3) is 8.35. The molecule has 2 amide bonds. The van der Waals surface area contributed by atoms with E-state index in [1.165, 1.54) is 24.3 Å². The molecule has 0 radical (unpaired) electrons. The highest BCUT2D eigenvalue weighted by molar-refractivity contribution is 7.92. The van der Waals surface area contributed by atoms with Crippen LogP contribution in [0.4, 0.5) is 10.1 Å². The lowest BCUT2D eigenvalue weighted by Gasteiger charge is -2.30. The number of rotatable bonds is 12. The number of nitrogens with one attached hydrogen (secondary N) is 1. The Morgan fingerprint density at radius 3 is 2.26 bits per heavy atom. The lowest BCUT2D eigenvalue weighted by atomic mass is 10.1. The average Bonchev–Trinajstić information content (AvgIpc) is 2.80. The van der Waals surface area contributed by atoms with Gasteiger partial charge in [0.1, 0.15) is 11.9 Å². The summed E-state index contributed by atoms with van der Waals surface area (Å²) in [7, 11) is -3.63. The molecule has 0 aromatic heterocycles. The van der Waals surface area contributed by atoms with Gasteiger partial charge in [0.2, 0.25) is 21.8 Å². The Balaban J connectivity index is 2.18. The number of nitrogens with zero attached hydrogens (tertiary/aromatic N) is 2. The molecule has 2 rings (SSSR count). The summed E-state index contributed by atoms with van der Waals surface area (Å²) >= 11 is 0. The second-order valence-corrected chi connectivity index (χ2v) is 10.8. The van der Waals surface area contributed by atoms with E-state index >= 15 is 0 Å². The summed E-state index contributed by atoms with van der Waals surface area (Å²) in [5.74, 6) is -0.938. The van der Waals surface area contributed by atoms with E-state index in [0.29, 0.717) is 5.69 Å². The number of carbonyl (C=O) groups excluding carboxylic acids is 2. The first-order chi connectivity index (χ1) is 16.4. The highest BCUT2D eigenvalue weighted by Crippen LogP contribution is 2.20. The Morgan fingerprint density at radius 1 is 1.06 bits per heavy atom. The van der Waals surface area contributed by atoms with Crippen LogP contribution in [0.15, 0.2) is 48.5 Å². The maximum atomic E-state index is 13.3. The van der Waals surface area contributed by atoms with Gasteiger partial charge in [-0.25, -0.2) is 12.8 Å². The van der Waals surface area contributed by atoms with Crippen molar-refractivity contribution in [2.75, 3.05) is 17.1 Å². The summed E-state index contributed by atoms with van der Waals surface area (Å²) in [6, 6.07) is 12.2. The van der Waals surface area contributed by atoms with Crippen LogP contribution in [0.1, 0.15) is 51.2 Å². The van der Waals surface area contributed by atoms with Gasteiger partial charge in [0.25, 0.3) is 0 Å². The van der Waals surface area contributed by atoms with Gasteiger partial charge in [0, 0.05) is 25.6 Å². The number of halogens is 1. The van der Waals surface area contributed by atoms with Gasteiger partial charge in [-0.3, -0.25) is 13.9 Å². The van der Waals surface area contributed by atoms with Gasteiger partial charge in [0.05, 0.1) is 11.9 Å².